The van der Waals surface area contributed by atoms with Crippen LogP contribution in [0.25, 0.3) is 0 Å². The summed E-state index contributed by atoms with van der Waals surface area (Å²) in [6, 6.07) is 12.0. The Hall–Kier alpha value is -2.34. The van der Waals surface area contributed by atoms with Gasteiger partial charge in [0.15, 0.2) is 0 Å². The number of ether oxygens (including phenoxy) is 1. The normalized spacial score (nSPS) is 10.7. The second kappa shape index (κ2) is 13.8. The Morgan fingerprint density at radius 3 is 2.40 bits per heavy atom. The lowest BCUT2D eigenvalue weighted by molar-refractivity contribution is 0.0698. The summed E-state index contributed by atoms with van der Waals surface area (Å²) >= 11 is 1.32. The lowest BCUT2D eigenvalue weighted by Gasteiger charge is -2.06. The zero-order valence-corrected chi connectivity index (χ0v) is 18.6. The molecule has 30 heavy (non-hydrogen) atoms. The average molecular weight is 432 g/mol. The number of amides is 1. The Kier molecular flexibility index (Phi) is 11.0. The Bertz CT molecular complexity index is 773. The van der Waals surface area contributed by atoms with Crippen LogP contribution in [0.5, 0.6) is 0 Å². The fourth-order valence-electron chi connectivity index (χ4n) is 3.27. The molecule has 2 N–H and O–H groups in total. The summed E-state index contributed by atoms with van der Waals surface area (Å²) < 4.78 is 5.21. The maximum absolute atomic E-state index is 12.0. The summed E-state index contributed by atoms with van der Waals surface area (Å²) in [6.45, 7) is 2.54. The molecule has 1 aromatic carbocycles. The fraction of sp³-hybridized carbons (Fsp3) is 0.500. The molecule has 2 aromatic rings. The third-order valence-corrected chi connectivity index (χ3v) is 6.05. The second-order valence-electron chi connectivity index (χ2n) is 7.48. The standard InChI is InChI=1S/C24H33NO4S/c1-2-3-4-5-6-12-17-29-24(28)25-22-21(23(26)27)18-20(30-22)16-11-10-15-19-13-8-7-9-14-19/h7-9,13-14,18H,2-6,10-12,15-17H2,1H3,(H,25,28)(H,26,27). The van der Waals surface area contributed by atoms with Crippen LogP contribution >= 0.6 is 11.3 Å². The van der Waals surface area contributed by atoms with Crippen LogP contribution in [-0.4, -0.2) is 23.8 Å². The average Bonchev–Trinajstić information content (AvgIpc) is 3.14. The molecule has 0 spiro atoms. The number of carboxylic acid groups (broad SMARTS) is 1. The van der Waals surface area contributed by atoms with Crippen LogP contribution in [0.15, 0.2) is 36.4 Å². The molecule has 1 heterocycles. The number of thiophene rings is 1. The number of nitrogens with one attached hydrogen (secondary N) is 1. The molecular formula is C24H33NO4S. The SMILES string of the molecule is CCCCCCCCOC(=O)Nc1sc(CCCCc2ccccc2)cc1C(=O)O. The van der Waals surface area contributed by atoms with Gasteiger partial charge in [-0.1, -0.05) is 69.4 Å². The van der Waals surface area contributed by atoms with E-state index in [1.807, 2.05) is 18.2 Å². The van der Waals surface area contributed by atoms with E-state index in [1.165, 1.54) is 36.2 Å². The molecular weight excluding hydrogens is 398 g/mol. The van der Waals surface area contributed by atoms with Crippen LogP contribution in [0, 0.1) is 0 Å². The number of benzene rings is 1. The van der Waals surface area contributed by atoms with E-state index in [9.17, 15) is 14.7 Å². The Morgan fingerprint density at radius 2 is 1.67 bits per heavy atom. The van der Waals surface area contributed by atoms with Crippen LogP contribution in [0.3, 0.4) is 0 Å². The van der Waals surface area contributed by atoms with E-state index in [1.54, 1.807) is 6.07 Å². The highest BCUT2D eigenvalue weighted by atomic mass is 32.1. The molecule has 0 aliphatic rings. The number of anilines is 1. The van der Waals surface area contributed by atoms with E-state index in [0.717, 1.165) is 49.8 Å². The Balaban J connectivity index is 1.74. The number of rotatable bonds is 14. The van der Waals surface area contributed by atoms with E-state index >= 15 is 0 Å². The van der Waals surface area contributed by atoms with Crippen molar-refractivity contribution in [3.8, 4) is 0 Å². The molecule has 0 aliphatic carbocycles. The van der Waals surface area contributed by atoms with Gasteiger partial charge in [-0.3, -0.25) is 5.32 Å². The highest BCUT2D eigenvalue weighted by molar-refractivity contribution is 7.16. The van der Waals surface area contributed by atoms with Crippen LogP contribution in [-0.2, 0) is 17.6 Å². The molecule has 1 aromatic heterocycles. The van der Waals surface area contributed by atoms with Crippen molar-refractivity contribution in [2.45, 2.75) is 71.1 Å². The van der Waals surface area contributed by atoms with E-state index in [0.29, 0.717) is 11.6 Å². The van der Waals surface area contributed by atoms with Crippen molar-refractivity contribution in [1.29, 1.82) is 0 Å². The first kappa shape index (κ1) is 23.9. The van der Waals surface area contributed by atoms with Crippen molar-refractivity contribution in [1.82, 2.24) is 0 Å². The van der Waals surface area contributed by atoms with Gasteiger partial charge < -0.3 is 9.84 Å². The van der Waals surface area contributed by atoms with Crippen LogP contribution in [0.2, 0.25) is 0 Å². The predicted octanol–water partition coefficient (Wildman–Crippen LogP) is 6.92. The summed E-state index contributed by atoms with van der Waals surface area (Å²) in [5.74, 6) is -1.03. The summed E-state index contributed by atoms with van der Waals surface area (Å²) in [5.41, 5.74) is 1.44. The van der Waals surface area contributed by atoms with Crippen molar-refractivity contribution in [3.05, 3.63) is 52.4 Å². The number of aromatic carboxylic acids is 1. The maximum Gasteiger partial charge on any atom is 0.412 e. The van der Waals surface area contributed by atoms with Crippen molar-refractivity contribution in [2.75, 3.05) is 11.9 Å². The third kappa shape index (κ3) is 8.99. The molecule has 0 radical (unpaired) electrons. The minimum atomic E-state index is -1.03. The van der Waals surface area contributed by atoms with E-state index < -0.39 is 12.1 Å². The van der Waals surface area contributed by atoms with E-state index in [4.69, 9.17) is 4.74 Å². The van der Waals surface area contributed by atoms with Gasteiger partial charge in [-0.05, 0) is 43.7 Å². The van der Waals surface area contributed by atoms with Gasteiger partial charge in [0, 0.05) is 4.88 Å². The van der Waals surface area contributed by atoms with Gasteiger partial charge in [-0.2, -0.15) is 0 Å². The Labute approximate surface area is 183 Å². The van der Waals surface area contributed by atoms with E-state index in [-0.39, 0.29) is 5.56 Å². The van der Waals surface area contributed by atoms with Crippen molar-refractivity contribution in [3.63, 3.8) is 0 Å². The van der Waals surface area contributed by atoms with Gasteiger partial charge in [0.1, 0.15) is 5.00 Å². The number of hydrogen-bond acceptors (Lipinski definition) is 4. The van der Waals surface area contributed by atoms with Crippen LogP contribution < -0.4 is 5.32 Å². The van der Waals surface area contributed by atoms with Crippen molar-refractivity contribution in [2.24, 2.45) is 0 Å². The smallest absolute Gasteiger partial charge is 0.412 e. The van der Waals surface area contributed by atoms with Gasteiger partial charge in [0.05, 0.1) is 12.2 Å². The minimum Gasteiger partial charge on any atom is -0.478 e. The van der Waals surface area contributed by atoms with Gasteiger partial charge in [-0.25, -0.2) is 9.59 Å². The molecule has 164 valence electrons. The first-order chi connectivity index (χ1) is 14.6. The third-order valence-electron chi connectivity index (χ3n) is 4.94. The number of aryl methyl sites for hydroxylation is 2. The largest absolute Gasteiger partial charge is 0.478 e. The molecule has 1 amide bonds. The molecule has 0 aliphatic heterocycles. The number of unbranched alkanes of at least 4 members (excludes halogenated alkanes) is 6. The molecule has 6 heteroatoms. The van der Waals surface area contributed by atoms with Crippen molar-refractivity contribution >= 4 is 28.4 Å². The van der Waals surface area contributed by atoms with Crippen molar-refractivity contribution < 1.29 is 19.4 Å². The lowest BCUT2D eigenvalue weighted by atomic mass is 10.1. The first-order valence-electron chi connectivity index (χ1n) is 10.9. The van der Waals surface area contributed by atoms with Crippen LogP contribution in [0.1, 0.15) is 79.1 Å². The molecule has 0 bridgehead atoms. The first-order valence-corrected chi connectivity index (χ1v) is 11.8. The molecule has 5 nitrogen and oxygen atoms in total. The van der Waals surface area contributed by atoms with Gasteiger partial charge in [0.2, 0.25) is 0 Å². The van der Waals surface area contributed by atoms with Gasteiger partial charge in [0.25, 0.3) is 0 Å². The quantitative estimate of drug-likeness (QED) is 0.318. The molecule has 0 atom stereocenters. The number of carbonyl (C=O) groups excluding carboxylic acids is 1. The monoisotopic (exact) mass is 431 g/mol. The summed E-state index contributed by atoms with van der Waals surface area (Å²) in [7, 11) is 0. The predicted molar refractivity (Wildman–Crippen MR) is 123 cm³/mol. The zero-order chi connectivity index (χ0) is 21.6. The molecule has 0 unspecified atom stereocenters. The maximum atomic E-state index is 12.0. The second-order valence-corrected chi connectivity index (χ2v) is 8.62. The molecule has 0 saturated heterocycles. The zero-order valence-electron chi connectivity index (χ0n) is 17.8. The highest BCUT2D eigenvalue weighted by Gasteiger charge is 2.17. The lowest BCUT2D eigenvalue weighted by Crippen LogP contribution is -2.15. The number of carboxylic acids is 1. The van der Waals surface area contributed by atoms with Gasteiger partial charge >= 0.3 is 12.1 Å². The topological polar surface area (TPSA) is 75.6 Å². The molecule has 0 saturated carbocycles. The van der Waals surface area contributed by atoms with E-state index in [2.05, 4.69) is 24.4 Å². The summed E-state index contributed by atoms with van der Waals surface area (Å²) in [6.07, 6.45) is 9.93. The number of hydrogen-bond donors (Lipinski definition) is 2. The Morgan fingerprint density at radius 1 is 0.967 bits per heavy atom. The fourth-order valence-corrected chi connectivity index (χ4v) is 4.34. The number of carbonyl (C=O) groups is 2. The van der Waals surface area contributed by atoms with Gasteiger partial charge in [-0.15, -0.1) is 11.3 Å². The highest BCUT2D eigenvalue weighted by Crippen LogP contribution is 2.29. The molecule has 0 fully saturated rings. The summed E-state index contributed by atoms with van der Waals surface area (Å²) in [5, 5.41) is 12.4. The summed E-state index contributed by atoms with van der Waals surface area (Å²) in [4.78, 5) is 24.5. The van der Waals surface area contributed by atoms with Crippen LogP contribution in [0.4, 0.5) is 9.80 Å². The molecule has 2 rings (SSSR count). The minimum absolute atomic E-state index is 0.134.